The van der Waals surface area contributed by atoms with Gasteiger partial charge in [-0.2, -0.15) is 0 Å². The van der Waals surface area contributed by atoms with Crippen LogP contribution in [0.25, 0.3) is 33.2 Å². The molecule has 4 heteroatoms. The molecule has 2 N–H and O–H groups in total. The summed E-state index contributed by atoms with van der Waals surface area (Å²) in [6.45, 7) is 1.61. The second-order valence-corrected chi connectivity index (χ2v) is 6.31. The normalized spacial score (nSPS) is 11.4. The Bertz CT molecular complexity index is 993. The molecule has 4 aromatic rings. The summed E-state index contributed by atoms with van der Waals surface area (Å²) in [6.07, 6.45) is 0. The number of ketones is 1. The molecule has 2 heterocycles. The molecular weight excluding hydrogens is 340 g/mol. The quantitative estimate of drug-likeness (QED) is 0.473. The lowest BCUT2D eigenvalue weighted by molar-refractivity contribution is 0.102. The van der Waals surface area contributed by atoms with Crippen LogP contribution in [0.1, 0.15) is 17.3 Å². The average molecular weight is 353 g/mol. The molecule has 108 valence electrons. The lowest BCUT2D eigenvalue weighted by Gasteiger charge is -1.98. The summed E-state index contributed by atoms with van der Waals surface area (Å²) in [5.74, 6) is 0.0576. The first-order valence-electron chi connectivity index (χ1n) is 7.04. The van der Waals surface area contributed by atoms with Gasteiger partial charge in [-0.1, -0.05) is 40.2 Å². The first kappa shape index (κ1) is 13.3. The maximum atomic E-state index is 12.2. The molecule has 2 aromatic heterocycles. The van der Waals surface area contributed by atoms with Crippen LogP contribution in [0.4, 0.5) is 0 Å². The zero-order chi connectivity index (χ0) is 15.3. The van der Waals surface area contributed by atoms with E-state index in [1.807, 2.05) is 36.4 Å². The van der Waals surface area contributed by atoms with Crippen molar-refractivity contribution in [2.24, 2.45) is 0 Å². The number of fused-ring (bicyclic) bond motifs is 2. The Morgan fingerprint density at radius 2 is 1.82 bits per heavy atom. The highest BCUT2D eigenvalue weighted by Gasteiger charge is 2.18. The SMILES string of the molecule is CC(=O)c1c(-c2cc3ccccc3[nH]2)[nH]c2cc(Br)ccc12. The Kier molecular flexibility index (Phi) is 2.94. The maximum Gasteiger partial charge on any atom is 0.162 e. The van der Waals surface area contributed by atoms with Crippen LogP contribution in [-0.4, -0.2) is 15.8 Å². The average Bonchev–Trinajstić information content (AvgIpc) is 3.07. The molecule has 0 atom stereocenters. The van der Waals surface area contributed by atoms with E-state index in [2.05, 4.69) is 38.0 Å². The van der Waals surface area contributed by atoms with E-state index < -0.39 is 0 Å². The fourth-order valence-electron chi connectivity index (χ4n) is 2.95. The van der Waals surface area contributed by atoms with Crippen LogP contribution in [0.5, 0.6) is 0 Å². The summed E-state index contributed by atoms with van der Waals surface area (Å²) < 4.78 is 0.986. The standard InChI is InChI=1S/C18H13BrN2O/c1-10(22)17-13-7-6-12(19)9-15(13)21-18(17)16-8-11-4-2-3-5-14(11)20-16/h2-9,20-21H,1H3. The van der Waals surface area contributed by atoms with Gasteiger partial charge in [-0.3, -0.25) is 4.79 Å². The number of para-hydroxylation sites is 1. The van der Waals surface area contributed by atoms with Gasteiger partial charge in [0.05, 0.1) is 17.0 Å². The molecule has 0 fully saturated rings. The van der Waals surface area contributed by atoms with Gasteiger partial charge in [0.25, 0.3) is 0 Å². The number of Topliss-reactive ketones (excluding diaryl/α,β-unsaturated/α-hetero) is 1. The van der Waals surface area contributed by atoms with E-state index >= 15 is 0 Å². The molecule has 0 bridgehead atoms. The Morgan fingerprint density at radius 1 is 1.00 bits per heavy atom. The van der Waals surface area contributed by atoms with Crippen molar-refractivity contribution in [2.45, 2.75) is 6.92 Å². The zero-order valence-electron chi connectivity index (χ0n) is 11.9. The summed E-state index contributed by atoms with van der Waals surface area (Å²) in [4.78, 5) is 18.9. The molecule has 0 saturated carbocycles. The van der Waals surface area contributed by atoms with Gasteiger partial charge in [-0.15, -0.1) is 0 Å². The number of halogens is 1. The van der Waals surface area contributed by atoms with E-state index in [1.165, 1.54) is 0 Å². The van der Waals surface area contributed by atoms with Crippen LogP contribution in [0, 0.1) is 0 Å². The van der Waals surface area contributed by atoms with Crippen molar-refractivity contribution in [2.75, 3.05) is 0 Å². The molecule has 0 aliphatic carbocycles. The van der Waals surface area contributed by atoms with Crippen molar-refractivity contribution in [3.05, 3.63) is 58.6 Å². The molecular formula is C18H13BrN2O. The molecule has 0 saturated heterocycles. The van der Waals surface area contributed by atoms with Crippen molar-refractivity contribution < 1.29 is 4.79 Å². The van der Waals surface area contributed by atoms with Crippen molar-refractivity contribution in [1.29, 1.82) is 0 Å². The number of carbonyl (C=O) groups excluding carboxylic acids is 1. The fourth-order valence-corrected chi connectivity index (χ4v) is 3.31. The number of H-pyrrole nitrogens is 2. The number of nitrogens with one attached hydrogen (secondary N) is 2. The Hall–Kier alpha value is -2.33. The molecule has 4 rings (SSSR count). The largest absolute Gasteiger partial charge is 0.353 e. The van der Waals surface area contributed by atoms with Crippen LogP contribution in [-0.2, 0) is 0 Å². The first-order chi connectivity index (χ1) is 10.6. The summed E-state index contributed by atoms with van der Waals surface area (Å²) in [5, 5.41) is 2.08. The fraction of sp³-hybridized carbons (Fsp3) is 0.0556. The molecule has 0 aliphatic rings. The molecule has 3 nitrogen and oxygen atoms in total. The number of carbonyl (C=O) groups is 1. The van der Waals surface area contributed by atoms with Crippen LogP contribution in [0.15, 0.2) is 53.0 Å². The maximum absolute atomic E-state index is 12.2. The van der Waals surface area contributed by atoms with Crippen LogP contribution < -0.4 is 0 Å². The minimum atomic E-state index is 0.0576. The summed E-state index contributed by atoms with van der Waals surface area (Å²) in [7, 11) is 0. The van der Waals surface area contributed by atoms with Gasteiger partial charge in [0.1, 0.15) is 0 Å². The Morgan fingerprint density at radius 3 is 2.59 bits per heavy atom. The van der Waals surface area contributed by atoms with Gasteiger partial charge in [-0.05, 0) is 31.2 Å². The molecule has 22 heavy (non-hydrogen) atoms. The Labute approximate surface area is 135 Å². The van der Waals surface area contributed by atoms with E-state index in [0.29, 0.717) is 0 Å². The number of aromatic amines is 2. The molecule has 0 radical (unpaired) electrons. The zero-order valence-corrected chi connectivity index (χ0v) is 13.5. The molecule has 0 amide bonds. The van der Waals surface area contributed by atoms with Crippen LogP contribution in [0.2, 0.25) is 0 Å². The van der Waals surface area contributed by atoms with Gasteiger partial charge in [0.15, 0.2) is 5.78 Å². The van der Waals surface area contributed by atoms with E-state index in [9.17, 15) is 4.79 Å². The van der Waals surface area contributed by atoms with E-state index in [0.717, 1.165) is 43.2 Å². The van der Waals surface area contributed by atoms with Crippen molar-refractivity contribution >= 4 is 43.5 Å². The number of aromatic nitrogens is 2. The number of benzene rings is 2. The second kappa shape index (κ2) is 4.85. The highest BCUT2D eigenvalue weighted by molar-refractivity contribution is 9.10. The summed E-state index contributed by atoms with van der Waals surface area (Å²) in [6, 6.07) is 16.1. The minimum Gasteiger partial charge on any atom is -0.353 e. The van der Waals surface area contributed by atoms with E-state index in [4.69, 9.17) is 0 Å². The summed E-state index contributed by atoms with van der Waals surface area (Å²) in [5.41, 5.74) is 4.52. The van der Waals surface area contributed by atoms with Crippen molar-refractivity contribution in [1.82, 2.24) is 9.97 Å². The van der Waals surface area contributed by atoms with Crippen LogP contribution >= 0.6 is 15.9 Å². The van der Waals surface area contributed by atoms with Gasteiger partial charge in [0.2, 0.25) is 0 Å². The highest BCUT2D eigenvalue weighted by Crippen LogP contribution is 2.33. The van der Waals surface area contributed by atoms with Crippen molar-refractivity contribution in [3.8, 4) is 11.4 Å². The third-order valence-electron chi connectivity index (χ3n) is 3.91. The third-order valence-corrected chi connectivity index (χ3v) is 4.41. The Balaban J connectivity index is 2.04. The van der Waals surface area contributed by atoms with Gasteiger partial charge in [0, 0.05) is 26.3 Å². The lowest BCUT2D eigenvalue weighted by atomic mass is 10.1. The summed E-state index contributed by atoms with van der Waals surface area (Å²) >= 11 is 3.47. The minimum absolute atomic E-state index is 0.0576. The molecule has 2 aromatic carbocycles. The number of hydrogen-bond acceptors (Lipinski definition) is 1. The first-order valence-corrected chi connectivity index (χ1v) is 7.83. The van der Waals surface area contributed by atoms with Gasteiger partial charge >= 0.3 is 0 Å². The van der Waals surface area contributed by atoms with Crippen molar-refractivity contribution in [3.63, 3.8) is 0 Å². The van der Waals surface area contributed by atoms with E-state index in [-0.39, 0.29) is 5.78 Å². The predicted octanol–water partition coefficient (Wildman–Crippen LogP) is 5.28. The molecule has 0 unspecified atom stereocenters. The predicted molar refractivity (Wildman–Crippen MR) is 93.3 cm³/mol. The second-order valence-electron chi connectivity index (χ2n) is 5.39. The molecule has 0 spiro atoms. The highest BCUT2D eigenvalue weighted by atomic mass is 79.9. The number of hydrogen-bond donors (Lipinski definition) is 2. The third kappa shape index (κ3) is 1.99. The lowest BCUT2D eigenvalue weighted by Crippen LogP contribution is -1.93. The smallest absolute Gasteiger partial charge is 0.162 e. The van der Waals surface area contributed by atoms with Gasteiger partial charge < -0.3 is 9.97 Å². The monoisotopic (exact) mass is 352 g/mol. The topological polar surface area (TPSA) is 48.6 Å². The van der Waals surface area contributed by atoms with E-state index in [1.54, 1.807) is 6.92 Å². The number of rotatable bonds is 2. The van der Waals surface area contributed by atoms with Crippen LogP contribution in [0.3, 0.4) is 0 Å². The van der Waals surface area contributed by atoms with Gasteiger partial charge in [-0.25, -0.2) is 0 Å². The molecule has 0 aliphatic heterocycles.